The lowest BCUT2D eigenvalue weighted by molar-refractivity contribution is 0.0730. The molecule has 7 nitrogen and oxygen atoms in total. The maximum atomic E-state index is 13.0. The van der Waals surface area contributed by atoms with E-state index in [9.17, 15) is 13.2 Å². The standard InChI is InChI=1S/C21H21N3O4S2/c25-20(18-15-23-21(29-18)16-6-2-1-3-7-16)22-14-17-8-4-5-9-19(17)30(26,27)24-10-12-28-13-11-24/h1-9,15H,10-14H2,(H,22,25). The minimum atomic E-state index is -3.64. The first-order valence-corrected chi connectivity index (χ1v) is 11.8. The number of benzene rings is 2. The first kappa shape index (κ1) is 20.7. The minimum absolute atomic E-state index is 0.108. The summed E-state index contributed by atoms with van der Waals surface area (Å²) in [6, 6.07) is 16.4. The van der Waals surface area contributed by atoms with Crippen LogP contribution in [0.25, 0.3) is 10.6 Å². The van der Waals surface area contributed by atoms with E-state index in [1.165, 1.54) is 15.6 Å². The number of sulfonamides is 1. The van der Waals surface area contributed by atoms with Crippen molar-refractivity contribution in [3.63, 3.8) is 0 Å². The van der Waals surface area contributed by atoms with Gasteiger partial charge in [-0.25, -0.2) is 13.4 Å². The van der Waals surface area contributed by atoms with Crippen molar-refractivity contribution in [3.05, 3.63) is 71.2 Å². The first-order chi connectivity index (χ1) is 14.6. The summed E-state index contributed by atoms with van der Waals surface area (Å²) < 4.78 is 32.7. The molecule has 1 saturated heterocycles. The summed E-state index contributed by atoms with van der Waals surface area (Å²) in [5.41, 5.74) is 1.49. The zero-order valence-electron chi connectivity index (χ0n) is 16.2. The Labute approximate surface area is 179 Å². The summed E-state index contributed by atoms with van der Waals surface area (Å²) in [5, 5.41) is 3.58. The van der Waals surface area contributed by atoms with E-state index in [0.717, 1.165) is 10.6 Å². The van der Waals surface area contributed by atoms with Gasteiger partial charge in [-0.05, 0) is 11.6 Å². The number of nitrogens with one attached hydrogen (secondary N) is 1. The summed E-state index contributed by atoms with van der Waals surface area (Å²) >= 11 is 1.30. The van der Waals surface area contributed by atoms with Gasteiger partial charge in [0.15, 0.2) is 0 Å². The average Bonchev–Trinajstić information content (AvgIpc) is 3.29. The molecule has 2 heterocycles. The van der Waals surface area contributed by atoms with E-state index in [4.69, 9.17) is 4.74 Å². The van der Waals surface area contributed by atoms with Crippen molar-refractivity contribution in [2.45, 2.75) is 11.4 Å². The van der Waals surface area contributed by atoms with Crippen LogP contribution in [0.2, 0.25) is 0 Å². The van der Waals surface area contributed by atoms with Gasteiger partial charge in [-0.2, -0.15) is 4.31 Å². The van der Waals surface area contributed by atoms with Crippen LogP contribution in [0.4, 0.5) is 0 Å². The Bertz CT molecular complexity index is 1120. The molecule has 0 unspecified atom stereocenters. The molecule has 0 atom stereocenters. The molecule has 30 heavy (non-hydrogen) atoms. The topological polar surface area (TPSA) is 88.6 Å². The predicted molar refractivity (Wildman–Crippen MR) is 115 cm³/mol. The number of carbonyl (C=O) groups is 1. The number of rotatable bonds is 6. The van der Waals surface area contributed by atoms with Gasteiger partial charge in [0.2, 0.25) is 10.0 Å². The summed E-state index contributed by atoms with van der Waals surface area (Å²) in [5.74, 6) is -0.284. The first-order valence-electron chi connectivity index (χ1n) is 9.51. The van der Waals surface area contributed by atoms with Gasteiger partial charge in [-0.15, -0.1) is 11.3 Å². The molecule has 1 aliphatic heterocycles. The fourth-order valence-corrected chi connectivity index (χ4v) is 5.65. The fourth-order valence-electron chi connectivity index (χ4n) is 3.18. The van der Waals surface area contributed by atoms with Crippen LogP contribution < -0.4 is 5.32 Å². The Kier molecular flexibility index (Phi) is 6.24. The third kappa shape index (κ3) is 4.44. The molecule has 2 aromatic carbocycles. The average molecular weight is 444 g/mol. The molecule has 1 aromatic heterocycles. The summed E-state index contributed by atoms with van der Waals surface area (Å²) in [7, 11) is -3.64. The van der Waals surface area contributed by atoms with Gasteiger partial charge in [0.25, 0.3) is 5.91 Å². The smallest absolute Gasteiger partial charge is 0.263 e. The number of hydrogen-bond acceptors (Lipinski definition) is 6. The van der Waals surface area contributed by atoms with Crippen LogP contribution in [0.1, 0.15) is 15.2 Å². The fraction of sp³-hybridized carbons (Fsp3) is 0.238. The molecule has 4 rings (SSSR count). The molecule has 0 saturated carbocycles. The van der Waals surface area contributed by atoms with E-state index >= 15 is 0 Å². The second-order valence-electron chi connectivity index (χ2n) is 6.70. The Morgan fingerprint density at radius 1 is 1.07 bits per heavy atom. The van der Waals surface area contributed by atoms with Crippen LogP contribution in [0.3, 0.4) is 0 Å². The minimum Gasteiger partial charge on any atom is -0.379 e. The van der Waals surface area contributed by atoms with Crippen molar-refractivity contribution >= 4 is 27.3 Å². The SMILES string of the molecule is O=C(NCc1ccccc1S(=O)(=O)N1CCOCC1)c1cnc(-c2ccccc2)s1. The van der Waals surface area contributed by atoms with Gasteiger partial charge in [-0.3, -0.25) is 4.79 Å². The second kappa shape index (κ2) is 9.05. The van der Waals surface area contributed by atoms with Gasteiger partial charge in [-0.1, -0.05) is 48.5 Å². The Hall–Kier alpha value is -2.59. The highest BCUT2D eigenvalue weighted by Crippen LogP contribution is 2.25. The van der Waals surface area contributed by atoms with Crippen molar-refractivity contribution < 1.29 is 17.9 Å². The number of ether oxygens (including phenoxy) is 1. The summed E-state index contributed by atoms with van der Waals surface area (Å²) in [6.45, 7) is 1.52. The zero-order valence-corrected chi connectivity index (χ0v) is 17.8. The van der Waals surface area contributed by atoms with Crippen LogP contribution in [0.15, 0.2) is 65.7 Å². The van der Waals surface area contributed by atoms with Crippen LogP contribution in [-0.4, -0.2) is 49.9 Å². The molecule has 0 radical (unpaired) electrons. The lowest BCUT2D eigenvalue weighted by Crippen LogP contribution is -2.41. The van der Waals surface area contributed by atoms with Crippen molar-refractivity contribution in [1.29, 1.82) is 0 Å². The molecular formula is C21H21N3O4S2. The lowest BCUT2D eigenvalue weighted by Gasteiger charge is -2.27. The lowest BCUT2D eigenvalue weighted by atomic mass is 10.2. The molecule has 1 aliphatic rings. The van der Waals surface area contributed by atoms with Crippen molar-refractivity contribution in [2.24, 2.45) is 0 Å². The molecular weight excluding hydrogens is 422 g/mol. The van der Waals surface area contributed by atoms with Crippen LogP contribution in [0.5, 0.6) is 0 Å². The van der Waals surface area contributed by atoms with E-state index in [2.05, 4.69) is 10.3 Å². The van der Waals surface area contributed by atoms with Crippen LogP contribution in [-0.2, 0) is 21.3 Å². The number of morpholine rings is 1. The third-order valence-corrected chi connectivity index (χ3v) is 7.79. The summed E-state index contributed by atoms with van der Waals surface area (Å²) in [6.07, 6.45) is 1.54. The van der Waals surface area contributed by atoms with E-state index < -0.39 is 10.0 Å². The maximum Gasteiger partial charge on any atom is 0.263 e. The third-order valence-electron chi connectivity index (χ3n) is 4.75. The number of hydrogen-bond donors (Lipinski definition) is 1. The molecule has 1 fully saturated rings. The van der Waals surface area contributed by atoms with Crippen LogP contribution >= 0.6 is 11.3 Å². The monoisotopic (exact) mass is 443 g/mol. The number of thiazole rings is 1. The number of aromatic nitrogens is 1. The zero-order chi connectivity index (χ0) is 21.0. The predicted octanol–water partition coefficient (Wildman–Crippen LogP) is 2.76. The van der Waals surface area contributed by atoms with Gasteiger partial charge in [0.1, 0.15) is 9.88 Å². The molecule has 0 aliphatic carbocycles. The Morgan fingerprint density at radius 2 is 1.77 bits per heavy atom. The van der Waals surface area contributed by atoms with E-state index in [1.807, 2.05) is 30.3 Å². The van der Waals surface area contributed by atoms with Crippen molar-refractivity contribution in [1.82, 2.24) is 14.6 Å². The highest BCUT2D eigenvalue weighted by molar-refractivity contribution is 7.89. The normalized spacial score (nSPS) is 15.1. The van der Waals surface area contributed by atoms with Crippen molar-refractivity contribution in [2.75, 3.05) is 26.3 Å². The number of nitrogens with zero attached hydrogens (tertiary/aromatic N) is 2. The highest BCUT2D eigenvalue weighted by atomic mass is 32.2. The molecule has 0 bridgehead atoms. The molecule has 0 spiro atoms. The second-order valence-corrected chi connectivity index (χ2v) is 9.64. The van der Waals surface area contributed by atoms with Gasteiger partial charge >= 0.3 is 0 Å². The molecule has 1 amide bonds. The van der Waals surface area contributed by atoms with Gasteiger partial charge in [0.05, 0.1) is 24.3 Å². The van der Waals surface area contributed by atoms with E-state index in [1.54, 1.807) is 30.5 Å². The van der Waals surface area contributed by atoms with E-state index in [-0.39, 0.29) is 17.3 Å². The van der Waals surface area contributed by atoms with E-state index in [0.29, 0.717) is 36.7 Å². The van der Waals surface area contributed by atoms with Crippen molar-refractivity contribution in [3.8, 4) is 10.6 Å². The summed E-state index contributed by atoms with van der Waals surface area (Å²) in [4.78, 5) is 17.6. The highest BCUT2D eigenvalue weighted by Gasteiger charge is 2.28. The quantitative estimate of drug-likeness (QED) is 0.633. The van der Waals surface area contributed by atoms with Gasteiger partial charge in [0, 0.05) is 25.2 Å². The maximum absolute atomic E-state index is 13.0. The van der Waals surface area contributed by atoms with Gasteiger partial charge < -0.3 is 10.1 Å². The van der Waals surface area contributed by atoms with Crippen LogP contribution in [0, 0.1) is 0 Å². The molecule has 1 N–H and O–H groups in total. The molecule has 156 valence electrons. The Balaban J connectivity index is 1.48. The number of carbonyl (C=O) groups excluding carboxylic acids is 1. The largest absolute Gasteiger partial charge is 0.379 e. The molecule has 9 heteroatoms. The Morgan fingerprint density at radius 3 is 2.53 bits per heavy atom. The number of amides is 1. The molecule has 3 aromatic rings.